The largest absolute Gasteiger partial charge is 0.435 e. The van der Waals surface area contributed by atoms with Gasteiger partial charge in [-0.25, -0.2) is 9.18 Å². The number of alkyl halides is 3. The van der Waals surface area contributed by atoms with Crippen LogP contribution in [0.4, 0.5) is 28.2 Å². The van der Waals surface area contributed by atoms with Crippen molar-refractivity contribution in [2.45, 2.75) is 19.1 Å². The number of aryl methyl sites for hydroxylation is 1. The van der Waals surface area contributed by atoms with Gasteiger partial charge in [0, 0.05) is 19.2 Å². The highest BCUT2D eigenvalue weighted by molar-refractivity contribution is 5.89. The Morgan fingerprint density at radius 3 is 2.56 bits per heavy atom. The lowest BCUT2D eigenvalue weighted by Crippen LogP contribution is -2.45. The molecule has 2 aromatic rings. The second-order valence-electron chi connectivity index (χ2n) is 6.21. The molecule has 6 nitrogen and oxygen atoms in total. The Morgan fingerprint density at radius 1 is 1.30 bits per heavy atom. The second-order valence-corrected chi connectivity index (χ2v) is 6.21. The van der Waals surface area contributed by atoms with E-state index >= 15 is 0 Å². The van der Waals surface area contributed by atoms with Gasteiger partial charge in [-0.2, -0.15) is 18.3 Å². The summed E-state index contributed by atoms with van der Waals surface area (Å²) in [6.07, 6.45) is -4.61. The number of carbonyl (C=O) groups is 1. The average Bonchev–Trinajstić information content (AvgIpc) is 2.91. The summed E-state index contributed by atoms with van der Waals surface area (Å²) in [5.74, 6) is -0.437. The average molecular weight is 386 g/mol. The van der Waals surface area contributed by atoms with Crippen molar-refractivity contribution < 1.29 is 27.1 Å². The molecule has 1 aromatic carbocycles. The first kappa shape index (κ1) is 19.2. The van der Waals surface area contributed by atoms with E-state index < -0.39 is 29.8 Å². The molecule has 10 heteroatoms. The lowest BCUT2D eigenvalue weighted by atomic mass is 10.1. The van der Waals surface area contributed by atoms with Gasteiger partial charge in [0.25, 0.3) is 0 Å². The number of hydrogen-bond donors (Lipinski definition) is 1. The molecule has 0 spiro atoms. The zero-order valence-corrected chi connectivity index (χ0v) is 14.7. The monoisotopic (exact) mass is 386 g/mol. The number of nitrogens with zero attached hydrogens (tertiary/aromatic N) is 3. The molecule has 0 bridgehead atoms. The van der Waals surface area contributed by atoms with E-state index in [9.17, 15) is 22.4 Å². The van der Waals surface area contributed by atoms with Gasteiger partial charge in [0.1, 0.15) is 11.6 Å². The van der Waals surface area contributed by atoms with Crippen LogP contribution in [0.2, 0.25) is 0 Å². The Morgan fingerprint density at radius 2 is 1.96 bits per heavy atom. The van der Waals surface area contributed by atoms with Crippen molar-refractivity contribution in [3.8, 4) is 0 Å². The van der Waals surface area contributed by atoms with E-state index in [0.29, 0.717) is 12.2 Å². The van der Waals surface area contributed by atoms with E-state index in [4.69, 9.17) is 4.74 Å². The molecule has 2 heterocycles. The molecular formula is C17H18F4N4O2. The summed E-state index contributed by atoms with van der Waals surface area (Å²) in [7, 11) is 1.33. The number of rotatable bonds is 2. The molecule has 146 valence electrons. The Bertz CT molecular complexity index is 833. The number of aromatic nitrogens is 2. The summed E-state index contributed by atoms with van der Waals surface area (Å²) >= 11 is 0. The molecule has 1 aromatic heterocycles. The van der Waals surface area contributed by atoms with Gasteiger partial charge in [-0.1, -0.05) is 12.1 Å². The standard InChI is InChI=1S/C17H18F4N4O2/c1-10-14(17(19,20)21)23-24(2)15(10)22-16(26)25-7-8-27-9-13(25)11-3-5-12(18)6-4-11/h3-6,13H,7-9H2,1-2H3,(H,22,26). The molecule has 2 amide bonds. The van der Waals surface area contributed by atoms with Crippen molar-refractivity contribution in [3.63, 3.8) is 0 Å². The fourth-order valence-corrected chi connectivity index (χ4v) is 3.05. The third-order valence-electron chi connectivity index (χ3n) is 4.42. The van der Waals surface area contributed by atoms with E-state index in [0.717, 1.165) is 4.68 Å². The number of nitrogens with one attached hydrogen (secondary N) is 1. The molecule has 1 N–H and O–H groups in total. The Balaban J connectivity index is 1.84. The number of hydrogen-bond acceptors (Lipinski definition) is 3. The van der Waals surface area contributed by atoms with Gasteiger partial charge >= 0.3 is 12.2 Å². The van der Waals surface area contributed by atoms with E-state index in [1.165, 1.54) is 31.0 Å². The SMILES string of the molecule is Cc1c(C(F)(F)F)nn(C)c1NC(=O)N1CCOCC1c1ccc(F)cc1. The maximum Gasteiger partial charge on any atom is 0.435 e. The van der Waals surface area contributed by atoms with Crippen LogP contribution in [0.3, 0.4) is 0 Å². The van der Waals surface area contributed by atoms with E-state index in [1.807, 2.05) is 0 Å². The van der Waals surface area contributed by atoms with Gasteiger partial charge in [0.2, 0.25) is 0 Å². The molecule has 0 aliphatic carbocycles. The zero-order valence-electron chi connectivity index (χ0n) is 14.7. The van der Waals surface area contributed by atoms with Gasteiger partial charge in [-0.3, -0.25) is 10.00 Å². The summed E-state index contributed by atoms with van der Waals surface area (Å²) in [5, 5.41) is 5.97. The molecular weight excluding hydrogens is 368 g/mol. The number of morpholine rings is 1. The first-order valence-corrected chi connectivity index (χ1v) is 8.20. The number of halogens is 4. The number of urea groups is 1. The highest BCUT2D eigenvalue weighted by Gasteiger charge is 2.38. The van der Waals surface area contributed by atoms with Crippen LogP contribution in [-0.2, 0) is 18.0 Å². The van der Waals surface area contributed by atoms with Gasteiger partial charge < -0.3 is 9.64 Å². The predicted molar refractivity (Wildman–Crippen MR) is 88.6 cm³/mol. The fraction of sp³-hybridized carbons (Fsp3) is 0.412. The molecule has 0 saturated carbocycles. The van der Waals surface area contributed by atoms with Crippen LogP contribution in [0.5, 0.6) is 0 Å². The molecule has 3 rings (SSSR count). The maximum atomic E-state index is 13.2. The topological polar surface area (TPSA) is 59.4 Å². The minimum absolute atomic E-state index is 0.0309. The van der Waals surface area contributed by atoms with Crippen molar-refractivity contribution in [2.24, 2.45) is 7.05 Å². The quantitative estimate of drug-likeness (QED) is 0.804. The summed E-state index contributed by atoms with van der Waals surface area (Å²) in [6.45, 7) is 2.00. The van der Waals surface area contributed by atoms with Gasteiger partial charge in [0.15, 0.2) is 5.69 Å². The van der Waals surface area contributed by atoms with Crippen LogP contribution in [-0.4, -0.2) is 40.5 Å². The summed E-state index contributed by atoms with van der Waals surface area (Å²) in [4.78, 5) is 14.2. The molecule has 27 heavy (non-hydrogen) atoms. The van der Waals surface area contributed by atoms with E-state index in [2.05, 4.69) is 10.4 Å². The normalized spacial score (nSPS) is 17.9. The number of carbonyl (C=O) groups excluding carboxylic acids is 1. The third-order valence-corrected chi connectivity index (χ3v) is 4.42. The van der Waals surface area contributed by atoms with Crippen molar-refractivity contribution in [1.29, 1.82) is 0 Å². The minimum Gasteiger partial charge on any atom is -0.377 e. The molecule has 1 atom stereocenters. The Kier molecular flexibility index (Phi) is 5.09. The van der Waals surface area contributed by atoms with Crippen LogP contribution in [0.15, 0.2) is 24.3 Å². The van der Waals surface area contributed by atoms with Crippen LogP contribution in [0.25, 0.3) is 0 Å². The Hall–Kier alpha value is -2.62. The lowest BCUT2D eigenvalue weighted by Gasteiger charge is -2.35. The first-order valence-electron chi connectivity index (χ1n) is 8.20. The van der Waals surface area contributed by atoms with Crippen LogP contribution >= 0.6 is 0 Å². The van der Waals surface area contributed by atoms with Crippen LogP contribution < -0.4 is 5.32 Å². The highest BCUT2D eigenvalue weighted by atomic mass is 19.4. The molecule has 1 aliphatic rings. The van der Waals surface area contributed by atoms with E-state index in [-0.39, 0.29) is 24.5 Å². The second kappa shape index (κ2) is 7.18. The number of amides is 2. The highest BCUT2D eigenvalue weighted by Crippen LogP contribution is 2.34. The Labute approximate surface area is 152 Å². The number of anilines is 1. The lowest BCUT2D eigenvalue weighted by molar-refractivity contribution is -0.141. The van der Waals surface area contributed by atoms with Crippen molar-refractivity contribution in [2.75, 3.05) is 25.1 Å². The molecule has 1 saturated heterocycles. The predicted octanol–water partition coefficient (Wildman–Crippen LogP) is 3.49. The smallest absolute Gasteiger partial charge is 0.377 e. The molecule has 1 fully saturated rings. The number of ether oxygens (including phenoxy) is 1. The van der Waals surface area contributed by atoms with Crippen molar-refractivity contribution in [3.05, 3.63) is 46.9 Å². The molecule has 1 aliphatic heterocycles. The first-order chi connectivity index (χ1) is 12.7. The molecule has 1 unspecified atom stereocenters. The van der Waals surface area contributed by atoms with Crippen molar-refractivity contribution in [1.82, 2.24) is 14.7 Å². The van der Waals surface area contributed by atoms with Crippen LogP contribution in [0.1, 0.15) is 22.9 Å². The minimum atomic E-state index is -4.61. The summed E-state index contributed by atoms with van der Waals surface area (Å²) in [6, 6.07) is 4.60. The van der Waals surface area contributed by atoms with Crippen molar-refractivity contribution >= 4 is 11.8 Å². The third kappa shape index (κ3) is 3.90. The maximum absolute atomic E-state index is 13.2. The van der Waals surface area contributed by atoms with Gasteiger partial charge in [0.05, 0.1) is 19.3 Å². The van der Waals surface area contributed by atoms with Gasteiger partial charge in [-0.05, 0) is 24.6 Å². The molecule has 0 radical (unpaired) electrons. The zero-order chi connectivity index (χ0) is 19.8. The van der Waals surface area contributed by atoms with Gasteiger partial charge in [-0.15, -0.1) is 0 Å². The summed E-state index contributed by atoms with van der Waals surface area (Å²) in [5.41, 5.74) is -0.536. The van der Waals surface area contributed by atoms with E-state index in [1.54, 1.807) is 12.1 Å². The summed E-state index contributed by atoms with van der Waals surface area (Å²) < 4.78 is 58.6. The fourth-order valence-electron chi connectivity index (χ4n) is 3.05. The number of benzene rings is 1. The van der Waals surface area contributed by atoms with Crippen LogP contribution in [0, 0.1) is 12.7 Å².